The van der Waals surface area contributed by atoms with Gasteiger partial charge < -0.3 is 14.2 Å². The predicted octanol–water partition coefficient (Wildman–Crippen LogP) is 6.92. The fourth-order valence-corrected chi connectivity index (χ4v) is 5.57. The van der Waals surface area contributed by atoms with Gasteiger partial charge in [-0.05, 0) is 72.6 Å². The standard InChI is InChI=1S/C32H25F2N3O5S/c1-17-12-19(14-20(13-17)32-36-29-24(34)6-5-7-26(29)42-32)22-15-23-27(16-25(22)37(3)43(4,39)40)41-30(28(23)31(38)35-2)18-8-10-21(33)11-9-18/h5-16H,1-4H3,(H,35,38). The van der Waals surface area contributed by atoms with E-state index >= 15 is 0 Å². The first-order chi connectivity index (χ1) is 20.4. The lowest BCUT2D eigenvalue weighted by atomic mass is 9.96. The van der Waals surface area contributed by atoms with E-state index in [-0.39, 0.29) is 34.0 Å². The van der Waals surface area contributed by atoms with Crippen LogP contribution >= 0.6 is 0 Å². The molecule has 4 aromatic carbocycles. The van der Waals surface area contributed by atoms with E-state index in [0.29, 0.717) is 33.2 Å². The van der Waals surface area contributed by atoms with Crippen LogP contribution in [0.15, 0.2) is 81.6 Å². The van der Waals surface area contributed by atoms with Gasteiger partial charge in [0, 0.05) is 42.2 Å². The number of para-hydroxylation sites is 1. The molecule has 0 bridgehead atoms. The summed E-state index contributed by atoms with van der Waals surface area (Å²) in [6, 6.07) is 18.7. The van der Waals surface area contributed by atoms with E-state index in [0.717, 1.165) is 16.1 Å². The summed E-state index contributed by atoms with van der Waals surface area (Å²) in [7, 11) is -0.828. The number of sulfonamides is 1. The number of hydrogen-bond acceptors (Lipinski definition) is 6. The number of halogens is 2. The third-order valence-corrected chi connectivity index (χ3v) is 8.40. The molecule has 0 aliphatic rings. The van der Waals surface area contributed by atoms with E-state index < -0.39 is 27.6 Å². The first kappa shape index (κ1) is 28.1. The molecule has 0 spiro atoms. The molecule has 0 saturated carbocycles. The zero-order valence-electron chi connectivity index (χ0n) is 23.5. The third kappa shape index (κ3) is 5.01. The maximum Gasteiger partial charge on any atom is 0.255 e. The SMILES string of the molecule is CNC(=O)c1c(-c2ccc(F)cc2)oc2cc(N(C)S(C)(=O)=O)c(-c3cc(C)cc(-c4nc5c(F)cccc5o4)c3)cc12. The molecule has 0 saturated heterocycles. The molecule has 43 heavy (non-hydrogen) atoms. The number of oxazole rings is 1. The second kappa shape index (κ2) is 10.4. The summed E-state index contributed by atoms with van der Waals surface area (Å²) >= 11 is 0. The van der Waals surface area contributed by atoms with E-state index in [9.17, 15) is 22.0 Å². The minimum Gasteiger partial charge on any atom is -0.455 e. The number of aryl methyl sites for hydroxylation is 1. The van der Waals surface area contributed by atoms with Crippen LogP contribution in [0.5, 0.6) is 0 Å². The van der Waals surface area contributed by atoms with Crippen LogP contribution in [0.2, 0.25) is 0 Å². The Morgan fingerprint density at radius 3 is 2.30 bits per heavy atom. The lowest BCUT2D eigenvalue weighted by Crippen LogP contribution is -2.25. The van der Waals surface area contributed by atoms with Crippen LogP contribution in [0.25, 0.3) is 56.0 Å². The van der Waals surface area contributed by atoms with Crippen molar-refractivity contribution in [1.29, 1.82) is 0 Å². The van der Waals surface area contributed by atoms with Crippen molar-refractivity contribution in [3.05, 3.63) is 95.6 Å². The van der Waals surface area contributed by atoms with Crippen molar-refractivity contribution in [1.82, 2.24) is 10.3 Å². The molecule has 2 aromatic heterocycles. The Bertz CT molecular complexity index is 2170. The number of fused-ring (bicyclic) bond motifs is 2. The first-order valence-corrected chi connectivity index (χ1v) is 15.0. The molecule has 218 valence electrons. The minimum absolute atomic E-state index is 0.0985. The number of amides is 1. The van der Waals surface area contributed by atoms with Gasteiger partial charge in [-0.3, -0.25) is 9.10 Å². The number of benzene rings is 4. The molecule has 6 rings (SSSR count). The van der Waals surface area contributed by atoms with E-state index in [2.05, 4.69) is 10.3 Å². The maximum absolute atomic E-state index is 14.4. The third-order valence-electron chi connectivity index (χ3n) is 7.21. The second-order valence-corrected chi connectivity index (χ2v) is 12.2. The monoisotopic (exact) mass is 601 g/mol. The Hall–Kier alpha value is -5.03. The molecular formula is C32H25F2N3O5S. The van der Waals surface area contributed by atoms with Gasteiger partial charge in [0.05, 0.1) is 17.5 Å². The summed E-state index contributed by atoms with van der Waals surface area (Å²) in [6.07, 6.45) is 1.08. The smallest absolute Gasteiger partial charge is 0.255 e. The molecule has 8 nitrogen and oxygen atoms in total. The number of carbonyl (C=O) groups excluding carboxylic acids is 1. The number of furan rings is 1. The van der Waals surface area contributed by atoms with Gasteiger partial charge in [0.15, 0.2) is 11.4 Å². The van der Waals surface area contributed by atoms with E-state index in [4.69, 9.17) is 8.83 Å². The molecule has 0 atom stereocenters. The van der Waals surface area contributed by atoms with E-state index in [1.54, 1.807) is 24.3 Å². The summed E-state index contributed by atoms with van der Waals surface area (Å²) in [4.78, 5) is 17.5. The number of nitrogens with one attached hydrogen (secondary N) is 1. The molecule has 1 N–H and O–H groups in total. The average molecular weight is 602 g/mol. The molecule has 0 unspecified atom stereocenters. The minimum atomic E-state index is -3.73. The van der Waals surface area contributed by atoms with Crippen LogP contribution < -0.4 is 9.62 Å². The molecule has 1 amide bonds. The van der Waals surface area contributed by atoms with Gasteiger partial charge in [0.25, 0.3) is 5.91 Å². The fourth-order valence-electron chi connectivity index (χ4n) is 5.06. The van der Waals surface area contributed by atoms with Crippen molar-refractivity contribution < 1.29 is 30.8 Å². The summed E-state index contributed by atoms with van der Waals surface area (Å²) in [5.41, 5.74) is 4.03. The lowest BCUT2D eigenvalue weighted by Gasteiger charge is -2.21. The van der Waals surface area contributed by atoms with Crippen LogP contribution in [0.3, 0.4) is 0 Å². The molecule has 2 heterocycles. The van der Waals surface area contributed by atoms with Crippen molar-refractivity contribution in [2.45, 2.75) is 6.92 Å². The van der Waals surface area contributed by atoms with Gasteiger partial charge in [0.1, 0.15) is 22.7 Å². The van der Waals surface area contributed by atoms with Gasteiger partial charge in [0.2, 0.25) is 15.9 Å². The largest absolute Gasteiger partial charge is 0.455 e. The van der Waals surface area contributed by atoms with Crippen molar-refractivity contribution in [3.8, 4) is 33.9 Å². The summed E-state index contributed by atoms with van der Waals surface area (Å²) in [5.74, 6) is -0.999. The Kier molecular flexibility index (Phi) is 6.77. The molecule has 11 heteroatoms. The number of nitrogens with zero attached hydrogens (tertiary/aromatic N) is 2. The maximum atomic E-state index is 14.4. The van der Waals surface area contributed by atoms with Crippen LogP contribution in [-0.2, 0) is 10.0 Å². The van der Waals surface area contributed by atoms with Crippen molar-refractivity contribution in [2.75, 3.05) is 24.7 Å². The van der Waals surface area contributed by atoms with Crippen LogP contribution in [-0.4, -0.2) is 39.7 Å². The van der Waals surface area contributed by atoms with Gasteiger partial charge in [-0.15, -0.1) is 0 Å². The quantitative estimate of drug-likeness (QED) is 0.222. The average Bonchev–Trinajstić information content (AvgIpc) is 3.58. The number of hydrogen-bond donors (Lipinski definition) is 1. The Labute approximate surface area is 245 Å². The Balaban J connectivity index is 1.63. The van der Waals surface area contributed by atoms with Crippen molar-refractivity contribution in [2.24, 2.45) is 0 Å². The van der Waals surface area contributed by atoms with Gasteiger partial charge in [-0.2, -0.15) is 0 Å². The molecule has 0 radical (unpaired) electrons. The van der Waals surface area contributed by atoms with Gasteiger partial charge >= 0.3 is 0 Å². The Morgan fingerprint density at radius 2 is 1.63 bits per heavy atom. The summed E-state index contributed by atoms with van der Waals surface area (Å²) in [6.45, 7) is 1.86. The molecule has 0 fully saturated rings. The molecule has 0 aliphatic heterocycles. The molecule has 0 aliphatic carbocycles. The number of anilines is 1. The first-order valence-electron chi connectivity index (χ1n) is 13.1. The number of carbonyl (C=O) groups is 1. The predicted molar refractivity (Wildman–Crippen MR) is 161 cm³/mol. The second-order valence-electron chi connectivity index (χ2n) is 10.2. The van der Waals surface area contributed by atoms with Crippen LogP contribution in [0, 0.1) is 18.6 Å². The highest BCUT2D eigenvalue weighted by Gasteiger charge is 2.26. The van der Waals surface area contributed by atoms with E-state index in [1.165, 1.54) is 50.5 Å². The zero-order valence-corrected chi connectivity index (χ0v) is 24.3. The normalized spacial score (nSPS) is 11.8. The topological polar surface area (TPSA) is 106 Å². The Morgan fingerprint density at radius 1 is 0.907 bits per heavy atom. The zero-order chi connectivity index (χ0) is 30.6. The van der Waals surface area contributed by atoms with Crippen molar-refractivity contribution in [3.63, 3.8) is 0 Å². The van der Waals surface area contributed by atoms with Gasteiger partial charge in [-0.1, -0.05) is 12.1 Å². The van der Waals surface area contributed by atoms with E-state index in [1.807, 2.05) is 19.1 Å². The highest BCUT2D eigenvalue weighted by molar-refractivity contribution is 7.92. The molecule has 6 aromatic rings. The highest BCUT2D eigenvalue weighted by atomic mass is 32.2. The number of aromatic nitrogens is 1. The van der Waals surface area contributed by atoms with Crippen LogP contribution in [0.1, 0.15) is 15.9 Å². The molecular weight excluding hydrogens is 576 g/mol. The summed E-state index contributed by atoms with van der Waals surface area (Å²) in [5, 5.41) is 3.05. The fraction of sp³-hybridized carbons (Fsp3) is 0.125. The number of rotatable bonds is 6. The van der Waals surface area contributed by atoms with Gasteiger partial charge in [-0.25, -0.2) is 22.2 Å². The van der Waals surface area contributed by atoms with Crippen molar-refractivity contribution >= 4 is 43.7 Å². The lowest BCUT2D eigenvalue weighted by molar-refractivity contribution is 0.0964. The highest BCUT2D eigenvalue weighted by Crippen LogP contribution is 2.42. The summed E-state index contributed by atoms with van der Waals surface area (Å²) < 4.78 is 66.7. The van der Waals surface area contributed by atoms with Crippen LogP contribution in [0.4, 0.5) is 14.5 Å².